The molecule has 12 rings (SSSR count). The van der Waals surface area contributed by atoms with Crippen molar-refractivity contribution in [1.29, 1.82) is 0 Å². The van der Waals surface area contributed by atoms with Gasteiger partial charge < -0.3 is 4.57 Å². The van der Waals surface area contributed by atoms with E-state index in [1.165, 1.54) is 111 Å². The molecule has 0 N–H and O–H groups in total. The minimum atomic E-state index is 1.18. The average molecular weight is 682 g/mol. The molecule has 3 heterocycles. The summed E-state index contributed by atoms with van der Waals surface area (Å²) in [5.41, 5.74) is 6.22. The van der Waals surface area contributed by atoms with Crippen LogP contribution in [0.25, 0.3) is 111 Å². The standard InChI is InChI=1S/C48H27NS2/c1-3-14-33-31(12-1)32-13-2-4-15-34(32)44-43(33)45-35-16-5-8-20-38(35)49(47(45)48-46(44)37-18-7-10-22-40(37)51-48)29-26-24-28(25-27-29)30-19-11-23-41-42(30)36-17-6-9-21-39(36)50-41/h1-27H. The maximum absolute atomic E-state index is 2.54. The lowest BCUT2D eigenvalue weighted by atomic mass is 9.89. The molecule has 0 atom stereocenters. The van der Waals surface area contributed by atoms with Gasteiger partial charge in [-0.3, -0.25) is 0 Å². The molecule has 0 unspecified atom stereocenters. The molecule has 0 aliphatic rings. The summed E-state index contributed by atoms with van der Waals surface area (Å²) in [5, 5.41) is 15.9. The van der Waals surface area contributed by atoms with Gasteiger partial charge in [-0.15, -0.1) is 22.7 Å². The summed E-state index contributed by atoms with van der Waals surface area (Å²) in [5.74, 6) is 0. The summed E-state index contributed by atoms with van der Waals surface area (Å²) in [6.45, 7) is 0. The number of rotatable bonds is 2. The van der Waals surface area contributed by atoms with E-state index in [0.717, 1.165) is 0 Å². The normalized spacial score (nSPS) is 12.3. The minimum absolute atomic E-state index is 1.18. The lowest BCUT2D eigenvalue weighted by Gasteiger charge is -2.15. The Morgan fingerprint density at radius 3 is 1.57 bits per heavy atom. The monoisotopic (exact) mass is 681 g/mol. The Morgan fingerprint density at radius 1 is 0.333 bits per heavy atom. The van der Waals surface area contributed by atoms with Crippen LogP contribution >= 0.6 is 22.7 Å². The van der Waals surface area contributed by atoms with Gasteiger partial charge in [0, 0.05) is 62.9 Å². The molecule has 51 heavy (non-hydrogen) atoms. The summed E-state index contributed by atoms with van der Waals surface area (Å²) in [7, 11) is 0. The predicted molar refractivity (Wildman–Crippen MR) is 225 cm³/mol. The summed E-state index contributed by atoms with van der Waals surface area (Å²) in [4.78, 5) is 0. The van der Waals surface area contributed by atoms with Gasteiger partial charge in [-0.2, -0.15) is 0 Å². The fourth-order valence-corrected chi connectivity index (χ4v) is 11.3. The van der Waals surface area contributed by atoms with Gasteiger partial charge in [-0.25, -0.2) is 0 Å². The van der Waals surface area contributed by atoms with Gasteiger partial charge in [0.1, 0.15) is 0 Å². The Hall–Kier alpha value is -6.00. The van der Waals surface area contributed by atoms with Crippen LogP contribution in [0.5, 0.6) is 0 Å². The van der Waals surface area contributed by atoms with Gasteiger partial charge in [-0.05, 0) is 69.1 Å². The smallest absolute Gasteiger partial charge is 0.0726 e. The SMILES string of the molecule is c1ccc2c(c1)sc1cccc(-c3ccc(-n4c5ccccc5c5c6c7ccccc7c7ccccc7c6c6c7ccccc7sc6c54)cc3)c12. The fourth-order valence-electron chi connectivity index (χ4n) is 8.90. The zero-order valence-corrected chi connectivity index (χ0v) is 29.0. The maximum atomic E-state index is 2.54. The number of aromatic nitrogens is 1. The Morgan fingerprint density at radius 2 is 0.863 bits per heavy atom. The molecule has 9 aromatic carbocycles. The van der Waals surface area contributed by atoms with Crippen LogP contribution in [0, 0.1) is 0 Å². The minimum Gasteiger partial charge on any atom is -0.308 e. The van der Waals surface area contributed by atoms with Crippen LogP contribution in [0.2, 0.25) is 0 Å². The topological polar surface area (TPSA) is 4.93 Å². The first-order valence-corrected chi connectivity index (χ1v) is 19.1. The number of benzene rings is 9. The molecule has 236 valence electrons. The lowest BCUT2D eigenvalue weighted by Crippen LogP contribution is -1.94. The highest BCUT2D eigenvalue weighted by molar-refractivity contribution is 7.27. The number of hydrogen-bond acceptors (Lipinski definition) is 2. The second-order valence-corrected chi connectivity index (χ2v) is 15.7. The highest BCUT2D eigenvalue weighted by Gasteiger charge is 2.24. The molecule has 0 aliphatic carbocycles. The van der Waals surface area contributed by atoms with E-state index in [4.69, 9.17) is 0 Å². The van der Waals surface area contributed by atoms with E-state index in [0.29, 0.717) is 0 Å². The van der Waals surface area contributed by atoms with E-state index in [2.05, 4.69) is 168 Å². The quantitative estimate of drug-likeness (QED) is 0.160. The van der Waals surface area contributed by atoms with Crippen LogP contribution in [0.15, 0.2) is 164 Å². The van der Waals surface area contributed by atoms with E-state index < -0.39 is 0 Å². The molecule has 1 nitrogen and oxygen atoms in total. The van der Waals surface area contributed by atoms with Crippen LogP contribution in [0.1, 0.15) is 0 Å². The van der Waals surface area contributed by atoms with E-state index >= 15 is 0 Å². The van der Waals surface area contributed by atoms with Crippen LogP contribution < -0.4 is 0 Å². The Labute approximate surface area is 300 Å². The Balaban J connectivity index is 1.24. The molecule has 3 heteroatoms. The van der Waals surface area contributed by atoms with Gasteiger partial charge in [0.15, 0.2) is 0 Å². The van der Waals surface area contributed by atoms with Crippen molar-refractivity contribution in [3.8, 4) is 16.8 Å². The third-order valence-corrected chi connectivity index (χ3v) is 13.3. The van der Waals surface area contributed by atoms with Crippen molar-refractivity contribution in [2.45, 2.75) is 0 Å². The first-order chi connectivity index (χ1) is 25.3. The van der Waals surface area contributed by atoms with E-state index in [9.17, 15) is 0 Å². The zero-order valence-electron chi connectivity index (χ0n) is 27.4. The van der Waals surface area contributed by atoms with Gasteiger partial charge in [0.2, 0.25) is 0 Å². The summed E-state index contributed by atoms with van der Waals surface area (Å²) in [6, 6.07) is 60.8. The van der Waals surface area contributed by atoms with Crippen molar-refractivity contribution in [3.05, 3.63) is 164 Å². The van der Waals surface area contributed by atoms with Crippen molar-refractivity contribution in [1.82, 2.24) is 4.57 Å². The molecule has 0 radical (unpaired) electrons. The first kappa shape index (κ1) is 27.8. The van der Waals surface area contributed by atoms with Crippen LogP contribution in [-0.2, 0) is 0 Å². The predicted octanol–water partition coefficient (Wildman–Crippen LogP) is 14.6. The lowest BCUT2D eigenvalue weighted by molar-refractivity contribution is 1.19. The van der Waals surface area contributed by atoms with Crippen LogP contribution in [0.3, 0.4) is 0 Å². The summed E-state index contributed by atoms with van der Waals surface area (Å²) in [6.07, 6.45) is 0. The van der Waals surface area contributed by atoms with Gasteiger partial charge in [0.05, 0.1) is 15.7 Å². The molecular weight excluding hydrogens is 655 g/mol. The van der Waals surface area contributed by atoms with Crippen molar-refractivity contribution in [3.63, 3.8) is 0 Å². The second-order valence-electron chi connectivity index (χ2n) is 13.5. The first-order valence-electron chi connectivity index (χ1n) is 17.4. The number of hydrogen-bond donors (Lipinski definition) is 0. The number of thiophene rings is 2. The van der Waals surface area contributed by atoms with E-state index in [-0.39, 0.29) is 0 Å². The van der Waals surface area contributed by atoms with Gasteiger partial charge in [-0.1, -0.05) is 127 Å². The number of fused-ring (bicyclic) bond motifs is 18. The molecule has 0 fully saturated rings. The van der Waals surface area contributed by atoms with Crippen molar-refractivity contribution in [2.75, 3.05) is 0 Å². The highest BCUT2D eigenvalue weighted by atomic mass is 32.1. The van der Waals surface area contributed by atoms with Crippen LogP contribution in [0.4, 0.5) is 0 Å². The Bertz CT molecular complexity index is 3410. The van der Waals surface area contributed by atoms with E-state index in [1.54, 1.807) is 0 Å². The second kappa shape index (κ2) is 10.3. The highest BCUT2D eigenvalue weighted by Crippen LogP contribution is 2.52. The molecule has 0 aliphatic heterocycles. The fraction of sp³-hybridized carbons (Fsp3) is 0. The summed E-state index contributed by atoms with van der Waals surface area (Å²) < 4.78 is 7.87. The van der Waals surface area contributed by atoms with Crippen molar-refractivity contribution >= 4 is 117 Å². The third kappa shape index (κ3) is 3.69. The van der Waals surface area contributed by atoms with E-state index in [1.807, 2.05) is 22.7 Å². The van der Waals surface area contributed by atoms with Gasteiger partial charge in [0.25, 0.3) is 0 Å². The molecule has 0 spiro atoms. The zero-order chi connectivity index (χ0) is 33.2. The Kier molecular flexibility index (Phi) is 5.59. The largest absolute Gasteiger partial charge is 0.308 e. The molecule has 3 aromatic heterocycles. The molecule has 0 amide bonds. The summed E-state index contributed by atoms with van der Waals surface area (Å²) >= 11 is 3.80. The number of nitrogens with zero attached hydrogens (tertiary/aromatic N) is 1. The molecule has 0 bridgehead atoms. The van der Waals surface area contributed by atoms with Crippen LogP contribution in [-0.4, -0.2) is 4.57 Å². The average Bonchev–Trinajstić information content (AvgIpc) is 3.88. The number of para-hydroxylation sites is 1. The van der Waals surface area contributed by atoms with Crippen molar-refractivity contribution < 1.29 is 0 Å². The molecule has 0 saturated heterocycles. The van der Waals surface area contributed by atoms with Crippen molar-refractivity contribution in [2.24, 2.45) is 0 Å². The van der Waals surface area contributed by atoms with Gasteiger partial charge >= 0.3 is 0 Å². The molecule has 0 saturated carbocycles. The molecule has 12 aromatic rings. The maximum Gasteiger partial charge on any atom is 0.0726 e. The third-order valence-electron chi connectivity index (χ3n) is 11.0. The molecular formula is C48H27NS2.